The van der Waals surface area contributed by atoms with Crippen molar-refractivity contribution in [2.45, 2.75) is 38.5 Å². The summed E-state index contributed by atoms with van der Waals surface area (Å²) in [6, 6.07) is 5.99. The summed E-state index contributed by atoms with van der Waals surface area (Å²) >= 11 is 9.57. The van der Waals surface area contributed by atoms with Crippen molar-refractivity contribution >= 4 is 33.2 Å². The van der Waals surface area contributed by atoms with Crippen molar-refractivity contribution in [3.63, 3.8) is 0 Å². The van der Waals surface area contributed by atoms with Crippen LogP contribution >= 0.6 is 27.5 Å². The highest BCUT2D eigenvalue weighted by Crippen LogP contribution is 2.28. The SMILES string of the molecule is Clc1cc(Br)ccc1NCCC1CCCCC1. The molecule has 1 nitrogen and oxygen atoms in total. The van der Waals surface area contributed by atoms with Gasteiger partial charge in [0.25, 0.3) is 0 Å². The van der Waals surface area contributed by atoms with Crippen LogP contribution < -0.4 is 5.32 Å². The fourth-order valence-corrected chi connectivity index (χ4v) is 3.26. The van der Waals surface area contributed by atoms with Crippen molar-refractivity contribution in [2.24, 2.45) is 5.92 Å². The molecule has 94 valence electrons. The normalized spacial score (nSPS) is 17.1. The van der Waals surface area contributed by atoms with Crippen molar-refractivity contribution in [1.29, 1.82) is 0 Å². The Kier molecular flexibility index (Phi) is 5.17. The Labute approximate surface area is 117 Å². The van der Waals surface area contributed by atoms with E-state index >= 15 is 0 Å². The molecule has 0 heterocycles. The van der Waals surface area contributed by atoms with Crippen molar-refractivity contribution in [2.75, 3.05) is 11.9 Å². The molecule has 0 bridgehead atoms. The quantitative estimate of drug-likeness (QED) is 0.775. The van der Waals surface area contributed by atoms with Crippen LogP contribution in [-0.2, 0) is 0 Å². The molecule has 1 aromatic rings. The third-order valence-corrected chi connectivity index (χ3v) is 4.33. The first-order chi connectivity index (χ1) is 8.25. The molecule has 0 saturated heterocycles. The van der Waals surface area contributed by atoms with E-state index in [0.717, 1.165) is 27.6 Å². The molecule has 1 aliphatic carbocycles. The number of anilines is 1. The van der Waals surface area contributed by atoms with Gasteiger partial charge in [0, 0.05) is 11.0 Å². The van der Waals surface area contributed by atoms with Crippen LogP contribution in [0.5, 0.6) is 0 Å². The van der Waals surface area contributed by atoms with Crippen molar-refractivity contribution in [3.05, 3.63) is 27.7 Å². The summed E-state index contributed by atoms with van der Waals surface area (Å²) in [4.78, 5) is 0. The van der Waals surface area contributed by atoms with E-state index in [0.29, 0.717) is 0 Å². The number of hydrogen-bond donors (Lipinski definition) is 1. The van der Waals surface area contributed by atoms with Crippen LogP contribution in [0.25, 0.3) is 0 Å². The third kappa shape index (κ3) is 4.18. The molecular formula is C14H19BrClN. The van der Waals surface area contributed by atoms with Crippen LogP contribution in [0.1, 0.15) is 38.5 Å². The number of halogens is 2. The number of benzene rings is 1. The highest BCUT2D eigenvalue weighted by molar-refractivity contribution is 9.10. The van der Waals surface area contributed by atoms with Gasteiger partial charge in [-0.25, -0.2) is 0 Å². The number of rotatable bonds is 4. The van der Waals surface area contributed by atoms with Crippen LogP contribution in [0.3, 0.4) is 0 Å². The molecule has 1 aliphatic rings. The highest BCUT2D eigenvalue weighted by Gasteiger charge is 2.12. The molecule has 1 N–H and O–H groups in total. The lowest BCUT2D eigenvalue weighted by Gasteiger charge is -2.21. The van der Waals surface area contributed by atoms with Gasteiger partial charge >= 0.3 is 0 Å². The minimum Gasteiger partial charge on any atom is -0.384 e. The van der Waals surface area contributed by atoms with Gasteiger partial charge in [-0.2, -0.15) is 0 Å². The number of hydrogen-bond acceptors (Lipinski definition) is 1. The van der Waals surface area contributed by atoms with E-state index in [1.807, 2.05) is 18.2 Å². The predicted molar refractivity (Wildman–Crippen MR) is 78.8 cm³/mol. The Balaban J connectivity index is 1.77. The molecule has 0 aliphatic heterocycles. The Morgan fingerprint density at radius 2 is 2.00 bits per heavy atom. The summed E-state index contributed by atoms with van der Waals surface area (Å²) in [5.41, 5.74) is 1.05. The highest BCUT2D eigenvalue weighted by atomic mass is 79.9. The van der Waals surface area contributed by atoms with Crippen molar-refractivity contribution < 1.29 is 0 Å². The zero-order valence-corrected chi connectivity index (χ0v) is 12.4. The molecule has 1 saturated carbocycles. The summed E-state index contributed by atoms with van der Waals surface area (Å²) in [5, 5.41) is 4.23. The summed E-state index contributed by atoms with van der Waals surface area (Å²) in [5.74, 6) is 0.922. The third-order valence-electron chi connectivity index (χ3n) is 3.52. The van der Waals surface area contributed by atoms with Gasteiger partial charge < -0.3 is 5.32 Å². The second kappa shape index (κ2) is 6.65. The average Bonchev–Trinajstić information content (AvgIpc) is 2.33. The lowest BCUT2D eigenvalue weighted by molar-refractivity contribution is 0.345. The topological polar surface area (TPSA) is 12.0 Å². The fourth-order valence-electron chi connectivity index (χ4n) is 2.52. The maximum atomic E-state index is 6.16. The Morgan fingerprint density at radius 1 is 1.24 bits per heavy atom. The molecule has 0 atom stereocenters. The zero-order valence-electron chi connectivity index (χ0n) is 10.0. The van der Waals surface area contributed by atoms with E-state index in [9.17, 15) is 0 Å². The van der Waals surface area contributed by atoms with Crippen LogP contribution in [0.4, 0.5) is 5.69 Å². The van der Waals surface area contributed by atoms with Crippen molar-refractivity contribution in [1.82, 2.24) is 0 Å². The van der Waals surface area contributed by atoms with Gasteiger partial charge in [-0.1, -0.05) is 59.6 Å². The minimum absolute atomic E-state index is 0.794. The first-order valence-electron chi connectivity index (χ1n) is 6.44. The van der Waals surface area contributed by atoms with Crippen LogP contribution in [0, 0.1) is 5.92 Å². The van der Waals surface area contributed by atoms with E-state index in [1.54, 1.807) is 0 Å². The molecule has 0 amide bonds. The molecule has 3 heteroatoms. The molecule has 0 aromatic heterocycles. The second-order valence-corrected chi connectivity index (χ2v) is 6.17. The molecule has 17 heavy (non-hydrogen) atoms. The fraction of sp³-hybridized carbons (Fsp3) is 0.571. The zero-order chi connectivity index (χ0) is 12.1. The Morgan fingerprint density at radius 3 is 2.71 bits per heavy atom. The van der Waals surface area contributed by atoms with Gasteiger partial charge in [0.15, 0.2) is 0 Å². The van der Waals surface area contributed by atoms with Gasteiger partial charge in [0.05, 0.1) is 10.7 Å². The van der Waals surface area contributed by atoms with E-state index in [4.69, 9.17) is 11.6 Å². The Bertz CT molecular complexity index is 361. The van der Waals surface area contributed by atoms with Gasteiger partial charge in [-0.3, -0.25) is 0 Å². The Hall–Kier alpha value is -0.210. The monoisotopic (exact) mass is 315 g/mol. The first kappa shape index (κ1) is 13.2. The first-order valence-corrected chi connectivity index (χ1v) is 7.62. The summed E-state index contributed by atoms with van der Waals surface area (Å²) in [6.45, 7) is 1.03. The van der Waals surface area contributed by atoms with E-state index in [1.165, 1.54) is 38.5 Å². The largest absolute Gasteiger partial charge is 0.384 e. The second-order valence-electron chi connectivity index (χ2n) is 4.84. The van der Waals surface area contributed by atoms with Gasteiger partial charge in [0.2, 0.25) is 0 Å². The molecule has 1 fully saturated rings. The molecule has 0 radical (unpaired) electrons. The molecule has 0 spiro atoms. The maximum Gasteiger partial charge on any atom is 0.0648 e. The van der Waals surface area contributed by atoms with Gasteiger partial charge in [-0.15, -0.1) is 0 Å². The lowest BCUT2D eigenvalue weighted by Crippen LogP contribution is -2.12. The van der Waals surface area contributed by atoms with Gasteiger partial charge in [-0.05, 0) is 30.5 Å². The molecular weight excluding hydrogens is 298 g/mol. The molecule has 2 rings (SSSR count). The van der Waals surface area contributed by atoms with E-state index < -0.39 is 0 Å². The van der Waals surface area contributed by atoms with Gasteiger partial charge in [0.1, 0.15) is 0 Å². The van der Waals surface area contributed by atoms with Crippen LogP contribution in [0.2, 0.25) is 5.02 Å². The average molecular weight is 317 g/mol. The number of nitrogens with one attached hydrogen (secondary N) is 1. The van der Waals surface area contributed by atoms with E-state index in [-0.39, 0.29) is 0 Å². The summed E-state index contributed by atoms with van der Waals surface area (Å²) in [6.07, 6.45) is 8.37. The van der Waals surface area contributed by atoms with Crippen LogP contribution in [-0.4, -0.2) is 6.54 Å². The van der Waals surface area contributed by atoms with E-state index in [2.05, 4.69) is 21.2 Å². The lowest BCUT2D eigenvalue weighted by atomic mass is 9.87. The predicted octanol–water partition coefficient (Wildman–Crippen LogP) is 5.48. The molecule has 1 aromatic carbocycles. The maximum absolute atomic E-state index is 6.16. The van der Waals surface area contributed by atoms with Crippen LogP contribution in [0.15, 0.2) is 22.7 Å². The summed E-state index contributed by atoms with van der Waals surface area (Å²) in [7, 11) is 0. The molecule has 0 unspecified atom stereocenters. The standard InChI is InChI=1S/C14H19BrClN/c15-12-6-7-14(13(16)10-12)17-9-8-11-4-2-1-3-5-11/h6-7,10-11,17H,1-5,8-9H2. The minimum atomic E-state index is 0.794. The van der Waals surface area contributed by atoms with Crippen molar-refractivity contribution in [3.8, 4) is 0 Å². The smallest absolute Gasteiger partial charge is 0.0648 e. The summed E-state index contributed by atoms with van der Waals surface area (Å²) < 4.78 is 1.03.